The molecule has 0 fully saturated rings. The fourth-order valence-electron chi connectivity index (χ4n) is 1.80. The first-order valence-corrected chi connectivity index (χ1v) is 5.07. The molecule has 2 rings (SSSR count). The summed E-state index contributed by atoms with van der Waals surface area (Å²) in [4.78, 5) is 22.1. The zero-order valence-corrected chi connectivity index (χ0v) is 9.54. The topological polar surface area (TPSA) is 64.2 Å². The SMILES string of the molecule is Cn1c(=O)n(C)c2cc(C=CC(=O)O)ccc21. The fraction of sp³-hybridized carbons (Fsp3) is 0.167. The number of hydrogen-bond donors (Lipinski definition) is 1. The second kappa shape index (κ2) is 3.93. The molecule has 5 nitrogen and oxygen atoms in total. The van der Waals surface area contributed by atoms with E-state index in [-0.39, 0.29) is 5.69 Å². The van der Waals surface area contributed by atoms with E-state index in [4.69, 9.17) is 5.11 Å². The molecule has 17 heavy (non-hydrogen) atoms. The molecule has 0 radical (unpaired) electrons. The number of imidazole rings is 1. The number of carboxylic acid groups (broad SMARTS) is 1. The zero-order chi connectivity index (χ0) is 12.6. The molecule has 0 aliphatic carbocycles. The van der Waals surface area contributed by atoms with Gasteiger partial charge in [0.2, 0.25) is 0 Å². The summed E-state index contributed by atoms with van der Waals surface area (Å²) in [5.74, 6) is -0.993. The van der Waals surface area contributed by atoms with Crippen molar-refractivity contribution in [3.8, 4) is 0 Å². The van der Waals surface area contributed by atoms with Crippen molar-refractivity contribution in [1.82, 2.24) is 9.13 Å². The van der Waals surface area contributed by atoms with Crippen LogP contribution in [0.4, 0.5) is 0 Å². The predicted molar refractivity (Wildman–Crippen MR) is 64.8 cm³/mol. The molecule has 1 aromatic carbocycles. The summed E-state index contributed by atoms with van der Waals surface area (Å²) in [7, 11) is 3.40. The van der Waals surface area contributed by atoms with E-state index >= 15 is 0 Å². The number of nitrogens with zero attached hydrogens (tertiary/aromatic N) is 2. The van der Waals surface area contributed by atoms with Crippen LogP contribution < -0.4 is 5.69 Å². The van der Waals surface area contributed by atoms with Crippen molar-refractivity contribution in [3.63, 3.8) is 0 Å². The highest BCUT2D eigenvalue weighted by molar-refractivity contribution is 5.87. The van der Waals surface area contributed by atoms with E-state index < -0.39 is 5.97 Å². The maximum atomic E-state index is 11.7. The average Bonchev–Trinajstić information content (AvgIpc) is 2.52. The molecule has 0 saturated carbocycles. The maximum Gasteiger partial charge on any atom is 0.328 e. The van der Waals surface area contributed by atoms with E-state index in [0.29, 0.717) is 0 Å². The zero-order valence-electron chi connectivity index (χ0n) is 9.54. The first-order chi connectivity index (χ1) is 8.00. The Labute approximate surface area is 97.2 Å². The fourth-order valence-corrected chi connectivity index (χ4v) is 1.80. The van der Waals surface area contributed by atoms with Crippen molar-refractivity contribution in [3.05, 3.63) is 40.3 Å². The molecule has 1 aromatic heterocycles. The number of aryl methyl sites for hydroxylation is 2. The highest BCUT2D eigenvalue weighted by atomic mass is 16.4. The minimum absolute atomic E-state index is 0.0978. The third kappa shape index (κ3) is 1.87. The molecule has 88 valence electrons. The van der Waals surface area contributed by atoms with Gasteiger partial charge in [0.25, 0.3) is 0 Å². The molecule has 0 atom stereocenters. The number of hydrogen-bond acceptors (Lipinski definition) is 2. The summed E-state index contributed by atoms with van der Waals surface area (Å²) in [6, 6.07) is 5.37. The number of carbonyl (C=O) groups is 1. The first-order valence-electron chi connectivity index (χ1n) is 5.07. The van der Waals surface area contributed by atoms with Crippen molar-refractivity contribution in [2.45, 2.75) is 0 Å². The van der Waals surface area contributed by atoms with Crippen LogP contribution in [0, 0.1) is 0 Å². The van der Waals surface area contributed by atoms with Crippen LogP contribution in [0.25, 0.3) is 17.1 Å². The normalized spacial score (nSPS) is 11.4. The molecule has 0 saturated heterocycles. The average molecular weight is 232 g/mol. The molecule has 1 heterocycles. The summed E-state index contributed by atoms with van der Waals surface area (Å²) in [5.41, 5.74) is 2.26. The van der Waals surface area contributed by atoms with Gasteiger partial charge in [0, 0.05) is 20.2 Å². The number of rotatable bonds is 2. The van der Waals surface area contributed by atoms with Crippen LogP contribution in [-0.4, -0.2) is 20.2 Å². The van der Waals surface area contributed by atoms with Gasteiger partial charge >= 0.3 is 11.7 Å². The molecule has 0 aliphatic rings. The molecule has 0 aliphatic heterocycles. The number of carboxylic acids is 1. The number of aliphatic carboxylic acids is 1. The largest absolute Gasteiger partial charge is 0.478 e. The van der Waals surface area contributed by atoms with E-state index in [1.54, 1.807) is 36.9 Å². The van der Waals surface area contributed by atoms with Crippen LogP contribution in [-0.2, 0) is 18.9 Å². The number of aromatic nitrogens is 2. The van der Waals surface area contributed by atoms with Crippen molar-refractivity contribution in [2.24, 2.45) is 14.1 Å². The van der Waals surface area contributed by atoms with E-state index in [9.17, 15) is 9.59 Å². The lowest BCUT2D eigenvalue weighted by Crippen LogP contribution is -2.19. The van der Waals surface area contributed by atoms with E-state index in [1.165, 1.54) is 10.6 Å². The third-order valence-corrected chi connectivity index (χ3v) is 2.71. The van der Waals surface area contributed by atoms with Gasteiger partial charge in [0.15, 0.2) is 0 Å². The van der Waals surface area contributed by atoms with Crippen molar-refractivity contribution in [2.75, 3.05) is 0 Å². The van der Waals surface area contributed by atoms with Crippen LogP contribution >= 0.6 is 0 Å². The Morgan fingerprint density at radius 1 is 1.24 bits per heavy atom. The Bertz CT molecular complexity index is 677. The molecule has 0 amide bonds. The lowest BCUT2D eigenvalue weighted by molar-refractivity contribution is -0.131. The van der Waals surface area contributed by atoms with Gasteiger partial charge in [-0.25, -0.2) is 9.59 Å². The summed E-state index contributed by atoms with van der Waals surface area (Å²) < 4.78 is 3.09. The summed E-state index contributed by atoms with van der Waals surface area (Å²) in [5, 5.41) is 8.54. The highest BCUT2D eigenvalue weighted by Crippen LogP contribution is 2.14. The van der Waals surface area contributed by atoms with Crippen LogP contribution in [0.15, 0.2) is 29.1 Å². The summed E-state index contributed by atoms with van der Waals surface area (Å²) >= 11 is 0. The Hall–Kier alpha value is -2.30. The Morgan fingerprint density at radius 2 is 1.88 bits per heavy atom. The van der Waals surface area contributed by atoms with Crippen LogP contribution in [0.2, 0.25) is 0 Å². The van der Waals surface area contributed by atoms with Crippen LogP contribution in [0.1, 0.15) is 5.56 Å². The van der Waals surface area contributed by atoms with Gasteiger partial charge in [-0.3, -0.25) is 9.13 Å². The van der Waals surface area contributed by atoms with Crippen LogP contribution in [0.3, 0.4) is 0 Å². The van der Waals surface area contributed by atoms with Gasteiger partial charge in [-0.15, -0.1) is 0 Å². The van der Waals surface area contributed by atoms with Crippen molar-refractivity contribution >= 4 is 23.1 Å². The van der Waals surface area contributed by atoms with E-state index in [1.807, 2.05) is 0 Å². The second-order valence-electron chi connectivity index (χ2n) is 3.82. The Balaban J connectivity index is 2.62. The third-order valence-electron chi connectivity index (χ3n) is 2.71. The minimum Gasteiger partial charge on any atom is -0.478 e. The second-order valence-corrected chi connectivity index (χ2v) is 3.82. The Kier molecular flexibility index (Phi) is 2.59. The maximum absolute atomic E-state index is 11.7. The minimum atomic E-state index is -0.993. The highest BCUT2D eigenvalue weighted by Gasteiger charge is 2.06. The molecule has 0 unspecified atom stereocenters. The summed E-state index contributed by atoms with van der Waals surface area (Å²) in [6.07, 6.45) is 2.57. The van der Waals surface area contributed by atoms with E-state index in [0.717, 1.165) is 22.7 Å². The van der Waals surface area contributed by atoms with Crippen LogP contribution in [0.5, 0.6) is 0 Å². The van der Waals surface area contributed by atoms with E-state index in [2.05, 4.69) is 0 Å². The van der Waals surface area contributed by atoms with Crippen molar-refractivity contribution < 1.29 is 9.90 Å². The van der Waals surface area contributed by atoms with Gasteiger partial charge in [0.1, 0.15) is 0 Å². The van der Waals surface area contributed by atoms with Gasteiger partial charge in [-0.2, -0.15) is 0 Å². The smallest absolute Gasteiger partial charge is 0.328 e. The molecule has 0 bridgehead atoms. The molecule has 1 N–H and O–H groups in total. The monoisotopic (exact) mass is 232 g/mol. The van der Waals surface area contributed by atoms with Gasteiger partial charge in [0.05, 0.1) is 11.0 Å². The summed E-state index contributed by atoms with van der Waals surface area (Å²) in [6.45, 7) is 0. The molecule has 0 spiro atoms. The predicted octanol–water partition coefficient (Wildman–Crippen LogP) is 0.975. The molecule has 2 aromatic rings. The lowest BCUT2D eigenvalue weighted by atomic mass is 10.2. The standard InChI is InChI=1S/C12H12N2O3/c1-13-9-5-3-8(4-6-11(15)16)7-10(9)14(2)12(13)17/h3-7H,1-2H3,(H,15,16). The van der Waals surface area contributed by atoms with Gasteiger partial charge in [-0.1, -0.05) is 6.07 Å². The first kappa shape index (κ1) is 11.2. The molecular formula is C12H12N2O3. The Morgan fingerprint density at radius 3 is 2.53 bits per heavy atom. The molecule has 5 heteroatoms. The van der Waals surface area contributed by atoms with Gasteiger partial charge < -0.3 is 5.11 Å². The lowest BCUT2D eigenvalue weighted by Gasteiger charge is -1.97. The molecular weight excluding hydrogens is 220 g/mol. The van der Waals surface area contributed by atoms with Gasteiger partial charge in [-0.05, 0) is 23.8 Å². The van der Waals surface area contributed by atoms with Crippen molar-refractivity contribution in [1.29, 1.82) is 0 Å². The number of fused-ring (bicyclic) bond motifs is 1. The number of benzene rings is 1. The quantitative estimate of drug-likeness (QED) is 0.785.